The molecule has 1 aromatic carbocycles. The second-order valence-electron chi connectivity index (χ2n) is 5.85. The summed E-state index contributed by atoms with van der Waals surface area (Å²) in [6.07, 6.45) is -3.17. The van der Waals surface area contributed by atoms with Crippen LogP contribution in [0.5, 0.6) is 0 Å². The predicted octanol–water partition coefficient (Wildman–Crippen LogP) is 4.57. The van der Waals surface area contributed by atoms with Crippen molar-refractivity contribution >= 4 is 33.5 Å². The van der Waals surface area contributed by atoms with Crippen molar-refractivity contribution in [2.45, 2.75) is 19.6 Å². The van der Waals surface area contributed by atoms with Crippen molar-refractivity contribution in [3.63, 3.8) is 0 Å². The Kier molecular flexibility index (Phi) is 3.80. The lowest BCUT2D eigenvalue weighted by Crippen LogP contribution is -2.17. The van der Waals surface area contributed by atoms with Crippen LogP contribution in [0.25, 0.3) is 33.2 Å². The maximum Gasteiger partial charge on any atom is 0.406 e. The van der Waals surface area contributed by atoms with Gasteiger partial charge in [0.05, 0.1) is 16.9 Å². The topological polar surface area (TPSA) is 56.5 Å². The summed E-state index contributed by atoms with van der Waals surface area (Å²) in [4.78, 5) is 7.98. The maximum atomic E-state index is 13.1. The minimum absolute atomic E-state index is 0.0212. The van der Waals surface area contributed by atoms with E-state index in [0.29, 0.717) is 22.1 Å². The zero-order valence-corrected chi connectivity index (χ0v) is 14.2. The van der Waals surface area contributed by atoms with Gasteiger partial charge in [-0.3, -0.25) is 0 Å². The number of aromatic nitrogens is 5. The Balaban J connectivity index is 2.00. The molecule has 3 aromatic heterocycles. The van der Waals surface area contributed by atoms with E-state index in [2.05, 4.69) is 20.2 Å². The number of alkyl halides is 3. The summed E-state index contributed by atoms with van der Waals surface area (Å²) >= 11 is 6.08. The largest absolute Gasteiger partial charge is 0.406 e. The molecule has 132 valence electrons. The van der Waals surface area contributed by atoms with Crippen LogP contribution in [-0.2, 0) is 6.54 Å². The van der Waals surface area contributed by atoms with E-state index in [1.54, 1.807) is 24.3 Å². The van der Waals surface area contributed by atoms with E-state index in [9.17, 15) is 13.2 Å². The Bertz CT molecular complexity index is 1120. The van der Waals surface area contributed by atoms with Gasteiger partial charge in [-0.2, -0.15) is 23.4 Å². The van der Waals surface area contributed by atoms with Crippen LogP contribution in [0.2, 0.25) is 5.15 Å². The molecule has 0 saturated heterocycles. The summed E-state index contributed by atoms with van der Waals surface area (Å²) in [5.74, 6) is 0. The second kappa shape index (κ2) is 5.91. The second-order valence-corrected chi connectivity index (χ2v) is 6.21. The third-order valence-electron chi connectivity index (χ3n) is 4.02. The smallest absolute Gasteiger partial charge is 0.327 e. The minimum Gasteiger partial charge on any atom is -0.327 e. The highest BCUT2D eigenvalue weighted by Gasteiger charge is 2.30. The summed E-state index contributed by atoms with van der Waals surface area (Å²) in [5.41, 5.74) is 3.03. The van der Waals surface area contributed by atoms with Gasteiger partial charge in [0.2, 0.25) is 0 Å². The molecule has 0 radical (unpaired) electrons. The van der Waals surface area contributed by atoms with Crippen molar-refractivity contribution in [2.24, 2.45) is 0 Å². The van der Waals surface area contributed by atoms with Gasteiger partial charge in [0, 0.05) is 10.9 Å². The summed E-state index contributed by atoms with van der Waals surface area (Å²) < 4.78 is 40.3. The number of aryl methyl sites for hydroxylation is 1. The molecule has 4 aromatic rings. The molecule has 0 aliphatic heterocycles. The molecular weight excluding hydrogens is 367 g/mol. The van der Waals surface area contributed by atoms with E-state index in [0.717, 1.165) is 15.8 Å². The number of nitrogens with zero attached hydrogens (tertiary/aromatic N) is 5. The van der Waals surface area contributed by atoms with Gasteiger partial charge in [-0.15, -0.1) is 0 Å². The Morgan fingerprint density at radius 2 is 1.88 bits per heavy atom. The third-order valence-corrected chi connectivity index (χ3v) is 4.30. The molecule has 0 bridgehead atoms. The maximum absolute atomic E-state index is 13.1. The Morgan fingerprint density at radius 3 is 2.58 bits per heavy atom. The lowest BCUT2D eigenvalue weighted by atomic mass is 10.1. The van der Waals surface area contributed by atoms with Crippen LogP contribution in [0.3, 0.4) is 0 Å². The molecule has 26 heavy (non-hydrogen) atoms. The molecule has 5 nitrogen and oxygen atoms in total. The molecule has 0 amide bonds. The van der Waals surface area contributed by atoms with Gasteiger partial charge in [0.1, 0.15) is 23.9 Å². The number of hydrogen-bond donors (Lipinski definition) is 0. The highest BCUT2D eigenvalue weighted by atomic mass is 35.5. The van der Waals surface area contributed by atoms with E-state index < -0.39 is 12.7 Å². The molecule has 0 spiro atoms. The van der Waals surface area contributed by atoms with Crippen LogP contribution < -0.4 is 0 Å². The number of fused-ring (bicyclic) bond motifs is 3. The molecular formula is C17H11ClF3N5. The van der Waals surface area contributed by atoms with Crippen LogP contribution in [0.15, 0.2) is 36.7 Å². The van der Waals surface area contributed by atoms with Gasteiger partial charge in [0.15, 0.2) is 5.15 Å². The number of rotatable bonds is 2. The molecule has 0 saturated carbocycles. The van der Waals surface area contributed by atoms with Crippen molar-refractivity contribution < 1.29 is 13.2 Å². The summed E-state index contributed by atoms with van der Waals surface area (Å²) in [7, 11) is 0. The van der Waals surface area contributed by atoms with E-state index in [4.69, 9.17) is 11.6 Å². The van der Waals surface area contributed by atoms with Crippen molar-refractivity contribution in [3.8, 4) is 11.3 Å². The SMILES string of the molecule is Cc1ccc(-c2ccc3c(c2)c2ncnc(Cl)c2n3CC(F)(F)F)nn1. The van der Waals surface area contributed by atoms with Crippen molar-refractivity contribution in [2.75, 3.05) is 0 Å². The zero-order chi connectivity index (χ0) is 18.5. The van der Waals surface area contributed by atoms with Crippen LogP contribution in [0.4, 0.5) is 13.2 Å². The van der Waals surface area contributed by atoms with Crippen LogP contribution in [0.1, 0.15) is 5.69 Å². The van der Waals surface area contributed by atoms with Crippen LogP contribution in [-0.4, -0.2) is 30.9 Å². The van der Waals surface area contributed by atoms with Crippen LogP contribution in [0, 0.1) is 6.92 Å². The highest BCUT2D eigenvalue weighted by Crippen LogP contribution is 2.35. The van der Waals surface area contributed by atoms with E-state index in [1.165, 1.54) is 6.33 Å². The van der Waals surface area contributed by atoms with Crippen LogP contribution >= 0.6 is 11.6 Å². The molecule has 4 rings (SSSR count). The molecule has 0 aliphatic rings. The first kappa shape index (κ1) is 16.7. The molecule has 0 aliphatic carbocycles. The van der Waals surface area contributed by atoms with Gasteiger partial charge in [-0.1, -0.05) is 17.7 Å². The normalized spacial score (nSPS) is 12.2. The van der Waals surface area contributed by atoms with E-state index >= 15 is 0 Å². The number of halogens is 4. The fraction of sp³-hybridized carbons (Fsp3) is 0.176. The molecule has 0 unspecified atom stereocenters. The average Bonchev–Trinajstić information content (AvgIpc) is 2.89. The Morgan fingerprint density at radius 1 is 1.08 bits per heavy atom. The number of benzene rings is 1. The molecule has 0 fully saturated rings. The molecule has 9 heteroatoms. The first-order valence-electron chi connectivity index (χ1n) is 7.63. The highest BCUT2D eigenvalue weighted by molar-refractivity contribution is 6.34. The average molecular weight is 378 g/mol. The van der Waals surface area contributed by atoms with Gasteiger partial charge in [-0.05, 0) is 31.2 Å². The quantitative estimate of drug-likeness (QED) is 0.480. The first-order chi connectivity index (χ1) is 12.3. The predicted molar refractivity (Wildman–Crippen MR) is 91.9 cm³/mol. The van der Waals surface area contributed by atoms with Gasteiger partial charge in [0.25, 0.3) is 0 Å². The van der Waals surface area contributed by atoms with Crippen molar-refractivity contribution in [1.82, 2.24) is 24.7 Å². The number of hydrogen-bond acceptors (Lipinski definition) is 4. The fourth-order valence-electron chi connectivity index (χ4n) is 2.93. The summed E-state index contributed by atoms with van der Waals surface area (Å²) in [5, 5.41) is 8.67. The standard InChI is InChI=1S/C17H11ClF3N5/c1-9-2-4-12(25-24-9)10-3-5-13-11(6-10)14-15(16(18)23-8-22-14)26(13)7-17(19,20)21/h2-6,8H,7H2,1H3. The minimum atomic E-state index is -4.40. The molecule has 0 atom stereocenters. The van der Waals surface area contributed by atoms with E-state index in [-0.39, 0.29) is 10.7 Å². The van der Waals surface area contributed by atoms with Gasteiger partial charge in [-0.25, -0.2) is 9.97 Å². The monoisotopic (exact) mass is 377 g/mol. The van der Waals surface area contributed by atoms with Gasteiger partial charge >= 0.3 is 6.18 Å². The first-order valence-corrected chi connectivity index (χ1v) is 8.01. The molecule has 0 N–H and O–H groups in total. The molecule has 3 heterocycles. The Labute approximate surface area is 150 Å². The Hall–Kier alpha value is -2.74. The van der Waals surface area contributed by atoms with Crippen molar-refractivity contribution in [3.05, 3.63) is 47.5 Å². The lowest BCUT2D eigenvalue weighted by molar-refractivity contribution is -0.139. The fourth-order valence-corrected chi connectivity index (χ4v) is 3.17. The summed E-state index contributed by atoms with van der Waals surface area (Å²) in [6, 6.07) is 8.68. The zero-order valence-electron chi connectivity index (χ0n) is 13.4. The summed E-state index contributed by atoms with van der Waals surface area (Å²) in [6.45, 7) is 0.646. The lowest BCUT2D eigenvalue weighted by Gasteiger charge is -2.11. The van der Waals surface area contributed by atoms with E-state index in [1.807, 2.05) is 13.0 Å². The van der Waals surface area contributed by atoms with Crippen molar-refractivity contribution in [1.29, 1.82) is 0 Å². The third kappa shape index (κ3) is 2.86. The van der Waals surface area contributed by atoms with Gasteiger partial charge < -0.3 is 4.57 Å².